The standard InChI is InChI=1S/C9H10FNO/c1-5-4-8(10)6(2)3-7(5)9(11)12/h3-4H,1-2H3,(H2,11,12). The first kappa shape index (κ1) is 8.71. The Hall–Kier alpha value is -1.38. The minimum absolute atomic E-state index is 0.308. The molecule has 0 saturated carbocycles. The van der Waals surface area contributed by atoms with Gasteiger partial charge in [0, 0.05) is 5.56 Å². The fourth-order valence-corrected chi connectivity index (χ4v) is 1.05. The van der Waals surface area contributed by atoms with E-state index in [0.717, 1.165) is 0 Å². The fourth-order valence-electron chi connectivity index (χ4n) is 1.05. The molecule has 64 valence electrons. The average Bonchev–Trinajstić information content (AvgIpc) is 1.96. The number of carbonyl (C=O) groups excluding carboxylic acids is 1. The van der Waals surface area contributed by atoms with E-state index < -0.39 is 5.91 Å². The van der Waals surface area contributed by atoms with Gasteiger partial charge in [-0.2, -0.15) is 0 Å². The van der Waals surface area contributed by atoms with Gasteiger partial charge in [-0.3, -0.25) is 4.79 Å². The van der Waals surface area contributed by atoms with E-state index in [9.17, 15) is 9.18 Å². The van der Waals surface area contributed by atoms with Crippen molar-refractivity contribution in [1.82, 2.24) is 0 Å². The van der Waals surface area contributed by atoms with Crippen LogP contribution in [0, 0.1) is 19.7 Å². The maximum Gasteiger partial charge on any atom is 0.248 e. The van der Waals surface area contributed by atoms with Crippen molar-refractivity contribution in [3.63, 3.8) is 0 Å². The third-order valence-corrected chi connectivity index (χ3v) is 1.77. The molecule has 1 aromatic carbocycles. The summed E-state index contributed by atoms with van der Waals surface area (Å²) >= 11 is 0. The Morgan fingerprint density at radius 1 is 1.33 bits per heavy atom. The van der Waals surface area contributed by atoms with Crippen LogP contribution in [0.25, 0.3) is 0 Å². The highest BCUT2D eigenvalue weighted by molar-refractivity contribution is 5.94. The lowest BCUT2D eigenvalue weighted by molar-refractivity contribution is 0.0999. The number of benzene rings is 1. The van der Waals surface area contributed by atoms with Gasteiger partial charge in [0.2, 0.25) is 5.91 Å². The zero-order valence-corrected chi connectivity index (χ0v) is 7.02. The summed E-state index contributed by atoms with van der Waals surface area (Å²) < 4.78 is 12.9. The normalized spacial score (nSPS) is 9.92. The Balaban J connectivity index is 3.33. The monoisotopic (exact) mass is 167 g/mol. The van der Waals surface area contributed by atoms with Crippen LogP contribution >= 0.6 is 0 Å². The van der Waals surface area contributed by atoms with Crippen molar-refractivity contribution in [3.8, 4) is 0 Å². The first-order valence-corrected chi connectivity index (χ1v) is 3.59. The molecule has 0 spiro atoms. The zero-order chi connectivity index (χ0) is 9.30. The van der Waals surface area contributed by atoms with Gasteiger partial charge in [-0.1, -0.05) is 0 Å². The molecule has 0 saturated heterocycles. The van der Waals surface area contributed by atoms with Crippen molar-refractivity contribution in [1.29, 1.82) is 0 Å². The van der Waals surface area contributed by atoms with E-state index in [1.54, 1.807) is 13.8 Å². The Morgan fingerprint density at radius 2 is 1.92 bits per heavy atom. The summed E-state index contributed by atoms with van der Waals surface area (Å²) in [5, 5.41) is 0. The van der Waals surface area contributed by atoms with E-state index in [0.29, 0.717) is 16.7 Å². The molecule has 1 aromatic rings. The van der Waals surface area contributed by atoms with Gasteiger partial charge in [-0.15, -0.1) is 0 Å². The molecule has 0 radical (unpaired) electrons. The van der Waals surface area contributed by atoms with Crippen LogP contribution in [0.3, 0.4) is 0 Å². The molecule has 2 N–H and O–H groups in total. The summed E-state index contributed by atoms with van der Waals surface area (Å²) in [5.41, 5.74) is 6.47. The third-order valence-electron chi connectivity index (χ3n) is 1.77. The summed E-state index contributed by atoms with van der Waals surface area (Å²) in [6.07, 6.45) is 0. The van der Waals surface area contributed by atoms with Crippen LogP contribution in [-0.2, 0) is 0 Å². The van der Waals surface area contributed by atoms with Crippen LogP contribution in [0.5, 0.6) is 0 Å². The smallest absolute Gasteiger partial charge is 0.248 e. The van der Waals surface area contributed by atoms with E-state index in [1.807, 2.05) is 0 Å². The number of hydrogen-bond acceptors (Lipinski definition) is 1. The number of primary amides is 1. The van der Waals surface area contributed by atoms with Gasteiger partial charge in [-0.25, -0.2) is 4.39 Å². The van der Waals surface area contributed by atoms with Crippen molar-refractivity contribution < 1.29 is 9.18 Å². The first-order chi connectivity index (χ1) is 5.52. The second-order valence-electron chi connectivity index (χ2n) is 2.78. The van der Waals surface area contributed by atoms with Crippen molar-refractivity contribution in [2.75, 3.05) is 0 Å². The molecule has 12 heavy (non-hydrogen) atoms. The Kier molecular flexibility index (Phi) is 2.13. The maximum atomic E-state index is 12.9. The van der Waals surface area contributed by atoms with Gasteiger partial charge < -0.3 is 5.73 Å². The summed E-state index contributed by atoms with van der Waals surface area (Å²) in [4.78, 5) is 10.8. The van der Waals surface area contributed by atoms with Gasteiger partial charge in [-0.05, 0) is 37.1 Å². The number of nitrogens with two attached hydrogens (primary N) is 1. The number of carbonyl (C=O) groups is 1. The summed E-state index contributed by atoms with van der Waals surface area (Å²) in [7, 11) is 0. The largest absolute Gasteiger partial charge is 0.366 e. The third kappa shape index (κ3) is 1.44. The number of halogens is 1. The summed E-state index contributed by atoms with van der Waals surface area (Å²) in [6, 6.07) is 2.78. The maximum absolute atomic E-state index is 12.9. The van der Waals surface area contributed by atoms with Crippen LogP contribution in [0.2, 0.25) is 0 Å². The number of amides is 1. The molecule has 0 aliphatic rings. The van der Waals surface area contributed by atoms with Gasteiger partial charge >= 0.3 is 0 Å². The first-order valence-electron chi connectivity index (χ1n) is 3.59. The molecule has 0 aliphatic heterocycles. The molecule has 0 heterocycles. The number of rotatable bonds is 1. The van der Waals surface area contributed by atoms with E-state index in [4.69, 9.17) is 5.73 Å². The molecule has 0 aliphatic carbocycles. The Morgan fingerprint density at radius 3 is 2.42 bits per heavy atom. The molecule has 3 heteroatoms. The van der Waals surface area contributed by atoms with Crippen molar-refractivity contribution in [3.05, 3.63) is 34.6 Å². The molecule has 1 amide bonds. The van der Waals surface area contributed by atoms with Crippen LogP contribution in [-0.4, -0.2) is 5.91 Å². The molecule has 0 atom stereocenters. The minimum Gasteiger partial charge on any atom is -0.366 e. The molecule has 1 rings (SSSR count). The quantitative estimate of drug-likeness (QED) is 0.677. The minimum atomic E-state index is -0.518. The van der Waals surface area contributed by atoms with Crippen LogP contribution in [0.4, 0.5) is 4.39 Å². The van der Waals surface area contributed by atoms with Crippen LogP contribution in [0.1, 0.15) is 21.5 Å². The molecular formula is C9H10FNO. The summed E-state index contributed by atoms with van der Waals surface area (Å²) in [6.45, 7) is 3.25. The Labute approximate surface area is 70.2 Å². The van der Waals surface area contributed by atoms with Gasteiger partial charge in [0.25, 0.3) is 0 Å². The number of hydrogen-bond donors (Lipinski definition) is 1. The average molecular weight is 167 g/mol. The predicted octanol–water partition coefficient (Wildman–Crippen LogP) is 1.54. The SMILES string of the molecule is Cc1cc(C(N)=O)c(C)cc1F. The molecular weight excluding hydrogens is 157 g/mol. The van der Waals surface area contributed by atoms with Crippen LogP contribution in [0.15, 0.2) is 12.1 Å². The number of aryl methyl sites for hydroxylation is 2. The molecule has 0 aromatic heterocycles. The van der Waals surface area contributed by atoms with Gasteiger partial charge in [0.1, 0.15) is 5.82 Å². The van der Waals surface area contributed by atoms with E-state index >= 15 is 0 Å². The second kappa shape index (κ2) is 2.93. The predicted molar refractivity (Wildman–Crippen MR) is 44.4 cm³/mol. The highest BCUT2D eigenvalue weighted by Crippen LogP contribution is 2.13. The van der Waals surface area contributed by atoms with E-state index in [2.05, 4.69) is 0 Å². The zero-order valence-electron chi connectivity index (χ0n) is 7.02. The van der Waals surface area contributed by atoms with E-state index in [-0.39, 0.29) is 5.82 Å². The molecule has 2 nitrogen and oxygen atoms in total. The molecule has 0 bridgehead atoms. The fraction of sp³-hybridized carbons (Fsp3) is 0.222. The highest BCUT2D eigenvalue weighted by atomic mass is 19.1. The highest BCUT2D eigenvalue weighted by Gasteiger charge is 2.07. The van der Waals surface area contributed by atoms with E-state index in [1.165, 1.54) is 12.1 Å². The molecule has 0 unspecified atom stereocenters. The lowest BCUT2D eigenvalue weighted by Gasteiger charge is -2.03. The van der Waals surface area contributed by atoms with Crippen molar-refractivity contribution in [2.24, 2.45) is 5.73 Å². The molecule has 0 fully saturated rings. The van der Waals surface area contributed by atoms with Crippen molar-refractivity contribution >= 4 is 5.91 Å². The topological polar surface area (TPSA) is 43.1 Å². The lowest BCUT2D eigenvalue weighted by Crippen LogP contribution is -2.13. The van der Waals surface area contributed by atoms with Crippen molar-refractivity contribution in [2.45, 2.75) is 13.8 Å². The second-order valence-corrected chi connectivity index (χ2v) is 2.78. The Bertz CT molecular complexity index is 334. The van der Waals surface area contributed by atoms with Crippen LogP contribution < -0.4 is 5.73 Å². The van der Waals surface area contributed by atoms with Gasteiger partial charge in [0.05, 0.1) is 0 Å². The lowest BCUT2D eigenvalue weighted by atomic mass is 10.0. The summed E-state index contributed by atoms with van der Waals surface area (Å²) in [5.74, 6) is -0.826. The van der Waals surface area contributed by atoms with Gasteiger partial charge in [0.15, 0.2) is 0 Å².